The lowest BCUT2D eigenvalue weighted by Gasteiger charge is -2.30. The summed E-state index contributed by atoms with van der Waals surface area (Å²) in [6.45, 7) is 0.0281. The van der Waals surface area contributed by atoms with Gasteiger partial charge < -0.3 is 10.1 Å². The summed E-state index contributed by atoms with van der Waals surface area (Å²) in [6.07, 6.45) is -14.3. The van der Waals surface area contributed by atoms with Crippen molar-refractivity contribution in [2.75, 3.05) is 26.2 Å². The van der Waals surface area contributed by atoms with Crippen LogP contribution in [0, 0.1) is 0 Å². The van der Waals surface area contributed by atoms with Crippen molar-refractivity contribution >= 4 is 17.8 Å². The maximum atomic E-state index is 13.2. The largest absolute Gasteiger partial charge is 0.466 e. The van der Waals surface area contributed by atoms with Gasteiger partial charge in [-0.05, 0) is 26.3 Å². The third kappa shape index (κ3) is 7.81. The van der Waals surface area contributed by atoms with Gasteiger partial charge in [-0.2, -0.15) is 43.9 Å². The molecular formula is C15H18F10N2O4. The van der Waals surface area contributed by atoms with E-state index in [9.17, 15) is 58.3 Å². The molecule has 182 valence electrons. The van der Waals surface area contributed by atoms with Gasteiger partial charge in [-0.15, -0.1) is 0 Å². The van der Waals surface area contributed by atoms with Crippen molar-refractivity contribution in [3.63, 3.8) is 0 Å². The number of imide groups is 1. The Hall–Kier alpha value is -2.13. The predicted octanol–water partition coefficient (Wildman–Crippen LogP) is 3.06. The number of ether oxygens (including phenoxy) is 1. The Morgan fingerprint density at radius 2 is 1.23 bits per heavy atom. The second kappa shape index (κ2) is 10.9. The maximum absolute atomic E-state index is 13.2. The quantitative estimate of drug-likeness (QED) is 0.280. The van der Waals surface area contributed by atoms with Crippen LogP contribution in [0.15, 0.2) is 0 Å². The lowest BCUT2D eigenvalue weighted by molar-refractivity contribution is -0.283. The Morgan fingerprint density at radius 3 is 1.61 bits per heavy atom. The highest BCUT2D eigenvalue weighted by atomic mass is 19.4. The molecule has 6 nitrogen and oxygen atoms in total. The first-order valence-electron chi connectivity index (χ1n) is 8.53. The van der Waals surface area contributed by atoms with Crippen molar-refractivity contribution in [1.82, 2.24) is 10.2 Å². The van der Waals surface area contributed by atoms with Crippen LogP contribution in [0.2, 0.25) is 0 Å². The van der Waals surface area contributed by atoms with Crippen LogP contribution in [0.1, 0.15) is 26.2 Å². The Bertz CT molecular complexity index is 596. The summed E-state index contributed by atoms with van der Waals surface area (Å²) >= 11 is 0. The van der Waals surface area contributed by atoms with Gasteiger partial charge in [0.05, 0.1) is 13.0 Å². The number of carbonyl (C=O) groups excluding carboxylic acids is 3. The number of nitrogens with one attached hydrogen (secondary N) is 1. The normalized spacial score (nSPS) is 13.1. The molecule has 0 aromatic heterocycles. The number of alkyl halides is 10. The van der Waals surface area contributed by atoms with Crippen molar-refractivity contribution in [2.24, 2.45) is 0 Å². The van der Waals surface area contributed by atoms with E-state index in [1.165, 1.54) is 0 Å². The Kier molecular flexibility index (Phi) is 10.2. The number of carbonyl (C=O) groups is 3. The van der Waals surface area contributed by atoms with Crippen LogP contribution in [0.4, 0.5) is 43.9 Å². The zero-order chi connectivity index (χ0) is 24.7. The molecule has 16 heteroatoms. The van der Waals surface area contributed by atoms with Gasteiger partial charge in [-0.3, -0.25) is 19.3 Å². The zero-order valence-electron chi connectivity index (χ0n) is 15.8. The zero-order valence-corrected chi connectivity index (χ0v) is 15.8. The molecule has 0 heterocycles. The van der Waals surface area contributed by atoms with Crippen LogP contribution in [-0.4, -0.2) is 73.1 Å². The molecule has 1 N–H and O–H groups in total. The fourth-order valence-corrected chi connectivity index (χ4v) is 1.95. The SMILES string of the molecule is CCOC(=O)CCNCCCCN(C(=O)C(F)(F)C(F)(F)F)C(=O)C(F)(F)C(F)(F)F. The molecule has 31 heavy (non-hydrogen) atoms. The highest BCUT2D eigenvalue weighted by molar-refractivity contribution is 6.02. The number of hydrogen-bond acceptors (Lipinski definition) is 5. The van der Waals surface area contributed by atoms with Gasteiger partial charge >= 0.3 is 42.0 Å². The lowest BCUT2D eigenvalue weighted by atomic mass is 10.2. The van der Waals surface area contributed by atoms with Crippen molar-refractivity contribution in [1.29, 1.82) is 0 Å². The van der Waals surface area contributed by atoms with Gasteiger partial charge in [0.15, 0.2) is 0 Å². The molecule has 0 aromatic rings. The number of unbranched alkanes of at least 4 members (excludes halogenated alkanes) is 1. The summed E-state index contributed by atoms with van der Waals surface area (Å²) in [5.41, 5.74) is 0. The van der Waals surface area contributed by atoms with E-state index in [1.807, 2.05) is 0 Å². The molecule has 0 spiro atoms. The Balaban J connectivity index is 5.19. The average Bonchev–Trinajstić information content (AvgIpc) is 2.61. The van der Waals surface area contributed by atoms with E-state index in [-0.39, 0.29) is 32.5 Å². The van der Waals surface area contributed by atoms with E-state index in [2.05, 4.69) is 10.1 Å². The summed E-state index contributed by atoms with van der Waals surface area (Å²) in [5, 5.41) is 2.57. The number of rotatable bonds is 11. The molecule has 2 amide bonds. The fraction of sp³-hybridized carbons (Fsp3) is 0.800. The van der Waals surface area contributed by atoms with Crippen LogP contribution in [0.3, 0.4) is 0 Å². The maximum Gasteiger partial charge on any atom is 0.463 e. The molecule has 0 unspecified atom stereocenters. The second-order valence-corrected chi connectivity index (χ2v) is 5.92. The Labute approximate surface area is 168 Å². The van der Waals surface area contributed by atoms with Crippen molar-refractivity contribution < 1.29 is 63.0 Å². The smallest absolute Gasteiger partial charge is 0.463 e. The van der Waals surface area contributed by atoms with Gasteiger partial charge in [0, 0.05) is 13.1 Å². The highest BCUT2D eigenvalue weighted by Gasteiger charge is 2.70. The monoisotopic (exact) mass is 480 g/mol. The number of hydrogen-bond donors (Lipinski definition) is 1. The summed E-state index contributed by atoms with van der Waals surface area (Å²) in [5.74, 6) is -20.4. The van der Waals surface area contributed by atoms with Gasteiger partial charge in [-0.25, -0.2) is 0 Å². The number of nitrogens with zero attached hydrogens (tertiary/aromatic N) is 1. The molecule has 0 aliphatic carbocycles. The third-order valence-electron chi connectivity index (χ3n) is 3.54. The van der Waals surface area contributed by atoms with Crippen molar-refractivity contribution in [2.45, 2.75) is 50.4 Å². The average molecular weight is 480 g/mol. The number of esters is 1. The third-order valence-corrected chi connectivity index (χ3v) is 3.54. The molecule has 0 aliphatic rings. The first kappa shape index (κ1) is 28.9. The van der Waals surface area contributed by atoms with Crippen molar-refractivity contribution in [3.8, 4) is 0 Å². The molecule has 0 fully saturated rings. The van der Waals surface area contributed by atoms with E-state index in [0.29, 0.717) is 0 Å². The van der Waals surface area contributed by atoms with E-state index < -0.39 is 59.8 Å². The number of amides is 2. The van der Waals surface area contributed by atoms with Crippen LogP contribution in [-0.2, 0) is 19.1 Å². The van der Waals surface area contributed by atoms with Gasteiger partial charge in [0.25, 0.3) is 0 Å². The number of halogens is 10. The molecule has 0 bridgehead atoms. The van der Waals surface area contributed by atoms with E-state index in [4.69, 9.17) is 0 Å². The van der Waals surface area contributed by atoms with E-state index in [1.54, 1.807) is 6.92 Å². The molecule has 0 radical (unpaired) electrons. The van der Waals surface area contributed by atoms with E-state index in [0.717, 1.165) is 0 Å². The van der Waals surface area contributed by atoms with Gasteiger partial charge in [0.2, 0.25) is 0 Å². The lowest BCUT2D eigenvalue weighted by Crippen LogP contribution is -2.60. The van der Waals surface area contributed by atoms with Gasteiger partial charge in [-0.1, -0.05) is 0 Å². The van der Waals surface area contributed by atoms with E-state index >= 15 is 0 Å². The van der Waals surface area contributed by atoms with Crippen LogP contribution in [0.5, 0.6) is 0 Å². The van der Waals surface area contributed by atoms with Gasteiger partial charge in [0.1, 0.15) is 0 Å². The minimum Gasteiger partial charge on any atom is -0.466 e. The first-order chi connectivity index (χ1) is 13.9. The molecule has 0 saturated heterocycles. The second-order valence-electron chi connectivity index (χ2n) is 5.92. The van der Waals surface area contributed by atoms with Crippen LogP contribution in [0.25, 0.3) is 0 Å². The van der Waals surface area contributed by atoms with Crippen molar-refractivity contribution in [3.05, 3.63) is 0 Å². The topological polar surface area (TPSA) is 75.7 Å². The first-order valence-corrected chi connectivity index (χ1v) is 8.53. The summed E-state index contributed by atoms with van der Waals surface area (Å²) in [7, 11) is 0. The predicted molar refractivity (Wildman–Crippen MR) is 82.1 cm³/mol. The van der Waals surface area contributed by atoms with Crippen LogP contribution < -0.4 is 5.32 Å². The standard InChI is InChI=1S/C15H18F10N2O4/c1-2-31-9(28)5-7-26-6-3-4-8-27(10(29)12(16,17)14(20,21)22)11(30)13(18,19)15(23,24)25/h26H,2-8H2,1H3. The molecule has 0 aliphatic heterocycles. The fourth-order valence-electron chi connectivity index (χ4n) is 1.95. The summed E-state index contributed by atoms with van der Waals surface area (Å²) in [6, 6.07) is 0. The minimum atomic E-state index is -6.63. The molecule has 0 atom stereocenters. The summed E-state index contributed by atoms with van der Waals surface area (Å²) < 4.78 is 131. The molecule has 0 saturated carbocycles. The molecule has 0 aromatic carbocycles. The minimum absolute atomic E-state index is 0.0265. The summed E-state index contributed by atoms with van der Waals surface area (Å²) in [4.78, 5) is 32.4. The Morgan fingerprint density at radius 1 is 0.774 bits per heavy atom. The molecule has 0 rings (SSSR count). The molecular weight excluding hydrogens is 462 g/mol. The highest BCUT2D eigenvalue weighted by Crippen LogP contribution is 2.40. The van der Waals surface area contributed by atoms with Crippen LogP contribution >= 0.6 is 0 Å².